The van der Waals surface area contributed by atoms with Crippen LogP contribution in [0.3, 0.4) is 0 Å². The summed E-state index contributed by atoms with van der Waals surface area (Å²) < 4.78 is 121. The third-order valence-electron chi connectivity index (χ3n) is 3.85. The largest absolute Gasteiger partial charge is 0.435 e. The molecule has 0 aliphatic rings. The lowest BCUT2D eigenvalue weighted by atomic mass is 9.83. The van der Waals surface area contributed by atoms with Gasteiger partial charge in [0.2, 0.25) is 0 Å². The Hall–Kier alpha value is -2.19. The van der Waals surface area contributed by atoms with Crippen molar-refractivity contribution in [3.8, 4) is 11.1 Å². The van der Waals surface area contributed by atoms with E-state index in [0.717, 1.165) is 32.0 Å². The molecule has 0 N–H and O–H groups in total. The van der Waals surface area contributed by atoms with Gasteiger partial charge in [0, 0.05) is 11.1 Å². The van der Waals surface area contributed by atoms with E-state index in [-0.39, 0.29) is 11.1 Å². The molecule has 0 aromatic heterocycles. The Balaban J connectivity index is 3.00. The van der Waals surface area contributed by atoms with Gasteiger partial charge in [0.15, 0.2) is 11.6 Å². The van der Waals surface area contributed by atoms with Crippen molar-refractivity contribution < 1.29 is 39.5 Å². The molecule has 0 fully saturated rings. The Morgan fingerprint density at radius 2 is 1.31 bits per heavy atom. The number of aryl methyl sites for hydroxylation is 2. The van der Waals surface area contributed by atoms with Crippen molar-refractivity contribution in [1.29, 1.82) is 0 Å². The Kier molecular flexibility index (Phi) is 4.80. The molecular formula is C17H11F9. The standard InChI is InChI=1S/C17H11F9/c1-8-6-9(2)13(10-4-3-5-12(18)14(10)19)11(7-8)15(20,16(21,22)23)17(24,25)26/h3-7H,1-2H3. The highest BCUT2D eigenvalue weighted by atomic mass is 19.4. The minimum absolute atomic E-state index is 0.103. The molecule has 26 heavy (non-hydrogen) atoms. The minimum atomic E-state index is -6.37. The average Bonchev–Trinajstić information content (AvgIpc) is 2.47. The summed E-state index contributed by atoms with van der Waals surface area (Å²) in [5, 5.41) is 0. The summed E-state index contributed by atoms with van der Waals surface area (Å²) in [4.78, 5) is 0. The van der Waals surface area contributed by atoms with Gasteiger partial charge in [0.1, 0.15) is 0 Å². The highest BCUT2D eigenvalue weighted by molar-refractivity contribution is 5.73. The molecule has 0 bridgehead atoms. The van der Waals surface area contributed by atoms with Gasteiger partial charge in [0.25, 0.3) is 0 Å². The number of hydrogen-bond donors (Lipinski definition) is 0. The van der Waals surface area contributed by atoms with Crippen molar-refractivity contribution >= 4 is 0 Å². The van der Waals surface area contributed by atoms with Gasteiger partial charge in [-0.15, -0.1) is 0 Å². The van der Waals surface area contributed by atoms with Crippen LogP contribution >= 0.6 is 0 Å². The summed E-state index contributed by atoms with van der Waals surface area (Å²) in [7, 11) is 0. The van der Waals surface area contributed by atoms with Crippen LogP contribution in [0.1, 0.15) is 16.7 Å². The highest BCUT2D eigenvalue weighted by Gasteiger charge is 2.74. The van der Waals surface area contributed by atoms with Crippen LogP contribution in [0.15, 0.2) is 30.3 Å². The lowest BCUT2D eigenvalue weighted by Crippen LogP contribution is -2.50. The van der Waals surface area contributed by atoms with Crippen molar-refractivity contribution in [3.05, 3.63) is 58.7 Å². The van der Waals surface area contributed by atoms with E-state index in [2.05, 4.69) is 0 Å². The van der Waals surface area contributed by atoms with Crippen LogP contribution in [0, 0.1) is 25.5 Å². The van der Waals surface area contributed by atoms with Crippen LogP contribution in [0.25, 0.3) is 11.1 Å². The van der Waals surface area contributed by atoms with E-state index in [1.54, 1.807) is 0 Å². The normalized spacial score (nSPS) is 13.2. The zero-order valence-corrected chi connectivity index (χ0v) is 13.3. The summed E-state index contributed by atoms with van der Waals surface area (Å²) in [5.41, 5.74) is -9.85. The molecule has 2 aromatic carbocycles. The predicted molar refractivity (Wildman–Crippen MR) is 76.2 cm³/mol. The zero-order valence-electron chi connectivity index (χ0n) is 13.3. The number of hydrogen-bond acceptors (Lipinski definition) is 0. The first-order valence-electron chi connectivity index (χ1n) is 7.10. The Morgan fingerprint density at radius 3 is 1.81 bits per heavy atom. The maximum absolute atomic E-state index is 14.6. The number of alkyl halides is 7. The highest BCUT2D eigenvalue weighted by Crippen LogP contribution is 2.56. The second-order valence-corrected chi connectivity index (χ2v) is 5.76. The molecule has 0 atom stereocenters. The molecular weight excluding hydrogens is 375 g/mol. The van der Waals surface area contributed by atoms with Gasteiger partial charge in [-0.05, 0) is 31.0 Å². The van der Waals surface area contributed by atoms with Gasteiger partial charge in [-0.1, -0.05) is 29.8 Å². The van der Waals surface area contributed by atoms with Crippen molar-refractivity contribution in [3.63, 3.8) is 0 Å². The van der Waals surface area contributed by atoms with Crippen molar-refractivity contribution in [2.45, 2.75) is 31.9 Å². The number of rotatable bonds is 2. The quantitative estimate of drug-likeness (QED) is 0.514. The summed E-state index contributed by atoms with van der Waals surface area (Å²) in [6, 6.07) is 3.81. The first kappa shape index (κ1) is 20.1. The monoisotopic (exact) mass is 386 g/mol. The second kappa shape index (κ2) is 6.21. The predicted octanol–water partition coefficient (Wildman–Crippen LogP) is 6.54. The third-order valence-corrected chi connectivity index (χ3v) is 3.85. The summed E-state index contributed by atoms with van der Waals surface area (Å²) in [6.45, 7) is 2.25. The molecule has 0 amide bonds. The van der Waals surface area contributed by atoms with Gasteiger partial charge in [-0.25, -0.2) is 13.2 Å². The second-order valence-electron chi connectivity index (χ2n) is 5.76. The van der Waals surface area contributed by atoms with Crippen LogP contribution in [0.4, 0.5) is 39.5 Å². The fraction of sp³-hybridized carbons (Fsp3) is 0.294. The SMILES string of the molecule is Cc1cc(C)c(-c2cccc(F)c2F)c(C(F)(C(F)(F)F)C(F)(F)F)c1. The smallest absolute Gasteiger partial charge is 0.218 e. The molecule has 142 valence electrons. The van der Waals surface area contributed by atoms with Gasteiger partial charge in [0.05, 0.1) is 0 Å². The maximum Gasteiger partial charge on any atom is 0.435 e. The van der Waals surface area contributed by atoms with Crippen LogP contribution in [0.2, 0.25) is 0 Å². The van der Waals surface area contributed by atoms with Crippen molar-refractivity contribution in [2.24, 2.45) is 0 Å². The molecule has 0 aliphatic heterocycles. The fourth-order valence-electron chi connectivity index (χ4n) is 2.76. The molecule has 0 unspecified atom stereocenters. The zero-order chi connectivity index (χ0) is 20.1. The van der Waals surface area contributed by atoms with E-state index in [4.69, 9.17) is 0 Å². The summed E-state index contributed by atoms with van der Waals surface area (Å²) >= 11 is 0. The molecule has 0 saturated heterocycles. The molecule has 0 radical (unpaired) electrons. The van der Waals surface area contributed by atoms with Gasteiger partial charge in [-0.3, -0.25) is 0 Å². The maximum atomic E-state index is 14.6. The summed E-state index contributed by atoms with van der Waals surface area (Å²) in [6.07, 6.45) is -12.7. The molecule has 0 nitrogen and oxygen atoms in total. The van der Waals surface area contributed by atoms with E-state index in [1.165, 1.54) is 0 Å². The van der Waals surface area contributed by atoms with E-state index in [0.29, 0.717) is 12.1 Å². The van der Waals surface area contributed by atoms with Crippen LogP contribution in [-0.2, 0) is 5.67 Å². The molecule has 9 heteroatoms. The molecule has 2 rings (SSSR count). The van der Waals surface area contributed by atoms with Crippen molar-refractivity contribution in [1.82, 2.24) is 0 Å². The Labute approximate surface area is 142 Å². The number of halogens is 9. The van der Waals surface area contributed by atoms with Crippen LogP contribution < -0.4 is 0 Å². The Bertz CT molecular complexity index is 817. The molecule has 0 spiro atoms. The average molecular weight is 386 g/mol. The van der Waals surface area contributed by atoms with Gasteiger partial charge < -0.3 is 0 Å². The van der Waals surface area contributed by atoms with Crippen LogP contribution in [0.5, 0.6) is 0 Å². The molecule has 2 aromatic rings. The van der Waals surface area contributed by atoms with E-state index in [9.17, 15) is 39.5 Å². The van der Waals surface area contributed by atoms with E-state index in [1.807, 2.05) is 0 Å². The van der Waals surface area contributed by atoms with Gasteiger partial charge in [-0.2, -0.15) is 26.3 Å². The molecule has 0 saturated carbocycles. The number of benzene rings is 2. The van der Waals surface area contributed by atoms with Crippen LogP contribution in [-0.4, -0.2) is 12.4 Å². The topological polar surface area (TPSA) is 0 Å². The fourth-order valence-corrected chi connectivity index (χ4v) is 2.76. The first-order valence-corrected chi connectivity index (χ1v) is 7.10. The first-order chi connectivity index (χ1) is 11.7. The third kappa shape index (κ3) is 3.03. The minimum Gasteiger partial charge on any atom is -0.218 e. The Morgan fingerprint density at radius 1 is 0.769 bits per heavy atom. The van der Waals surface area contributed by atoms with Gasteiger partial charge >= 0.3 is 18.0 Å². The van der Waals surface area contributed by atoms with E-state index < -0.39 is 46.3 Å². The molecule has 0 aliphatic carbocycles. The lowest BCUT2D eigenvalue weighted by Gasteiger charge is -2.33. The summed E-state index contributed by atoms with van der Waals surface area (Å²) in [5.74, 6) is -3.16. The lowest BCUT2D eigenvalue weighted by molar-refractivity contribution is -0.348. The van der Waals surface area contributed by atoms with E-state index >= 15 is 0 Å². The molecule has 0 heterocycles. The van der Waals surface area contributed by atoms with Crippen molar-refractivity contribution in [2.75, 3.05) is 0 Å².